The van der Waals surface area contributed by atoms with Crippen LogP contribution in [0.15, 0.2) is 42.7 Å². The molecule has 1 heterocycles. The van der Waals surface area contributed by atoms with E-state index in [1.54, 1.807) is 31.3 Å². The van der Waals surface area contributed by atoms with Crippen LogP contribution < -0.4 is 16.0 Å². The molecule has 0 bridgehead atoms. The van der Waals surface area contributed by atoms with Gasteiger partial charge in [0.05, 0.1) is 25.8 Å². The Morgan fingerprint density at radius 2 is 1.76 bits per heavy atom. The van der Waals surface area contributed by atoms with Crippen LogP contribution in [0, 0.1) is 5.41 Å². The summed E-state index contributed by atoms with van der Waals surface area (Å²) in [5.74, 6) is -1.49. The minimum atomic E-state index is -0.854. The number of ether oxygens (including phenoxy) is 1. The number of likely N-dealkylation sites (N-methyl/N-ethyl adjacent to an activating group) is 1. The molecule has 1 aliphatic heterocycles. The van der Waals surface area contributed by atoms with E-state index in [1.807, 2.05) is 58.0 Å². The zero-order chi connectivity index (χ0) is 27.6. The van der Waals surface area contributed by atoms with Crippen molar-refractivity contribution in [3.63, 3.8) is 0 Å². The summed E-state index contributed by atoms with van der Waals surface area (Å²) in [4.78, 5) is 54.5. The van der Waals surface area contributed by atoms with E-state index in [-0.39, 0.29) is 25.0 Å². The molecular formula is C27H41N5O5. The van der Waals surface area contributed by atoms with Crippen LogP contribution in [-0.4, -0.2) is 78.3 Å². The Morgan fingerprint density at radius 3 is 2.35 bits per heavy atom. The van der Waals surface area contributed by atoms with Gasteiger partial charge in [-0.05, 0) is 31.4 Å². The number of carbonyl (C=O) groups excluding carboxylic acids is 4. The lowest BCUT2D eigenvalue weighted by atomic mass is 9.86. The third kappa shape index (κ3) is 8.68. The SMILES string of the molecule is CCCN1C=CN(C(=O)CNC(=O)[C@@H](NC(=O)[C@H](C)NC)C(C)(C)C)[C@@H](COCc2ccccc2)C1=O. The molecule has 0 saturated carbocycles. The molecule has 1 aliphatic rings. The highest BCUT2D eigenvalue weighted by atomic mass is 16.5. The van der Waals surface area contributed by atoms with Crippen molar-refractivity contribution in [3.05, 3.63) is 48.3 Å². The first kappa shape index (κ1) is 30.0. The molecule has 204 valence electrons. The molecule has 10 heteroatoms. The first-order valence-electron chi connectivity index (χ1n) is 12.7. The van der Waals surface area contributed by atoms with Gasteiger partial charge in [0, 0.05) is 18.9 Å². The third-order valence-corrected chi connectivity index (χ3v) is 6.11. The summed E-state index contributed by atoms with van der Waals surface area (Å²) in [5.41, 5.74) is 0.367. The lowest BCUT2D eigenvalue weighted by molar-refractivity contribution is -0.146. The Morgan fingerprint density at radius 1 is 1.08 bits per heavy atom. The van der Waals surface area contributed by atoms with Crippen molar-refractivity contribution in [3.8, 4) is 0 Å². The van der Waals surface area contributed by atoms with Crippen molar-refractivity contribution in [1.82, 2.24) is 25.8 Å². The van der Waals surface area contributed by atoms with E-state index in [4.69, 9.17) is 4.74 Å². The van der Waals surface area contributed by atoms with Crippen LogP contribution in [-0.2, 0) is 30.5 Å². The number of nitrogens with one attached hydrogen (secondary N) is 3. The van der Waals surface area contributed by atoms with E-state index in [0.717, 1.165) is 12.0 Å². The number of amides is 4. The van der Waals surface area contributed by atoms with Crippen molar-refractivity contribution in [2.24, 2.45) is 5.41 Å². The van der Waals surface area contributed by atoms with E-state index in [0.29, 0.717) is 13.2 Å². The molecule has 1 aromatic carbocycles. The van der Waals surface area contributed by atoms with Crippen LogP contribution >= 0.6 is 0 Å². The van der Waals surface area contributed by atoms with Crippen molar-refractivity contribution in [1.29, 1.82) is 0 Å². The van der Waals surface area contributed by atoms with Crippen LogP contribution in [0.25, 0.3) is 0 Å². The number of hydrogen-bond donors (Lipinski definition) is 3. The van der Waals surface area contributed by atoms with Gasteiger partial charge in [0.15, 0.2) is 0 Å². The first-order chi connectivity index (χ1) is 17.5. The molecule has 0 aromatic heterocycles. The Kier molecular flexibility index (Phi) is 11.3. The molecular weight excluding hydrogens is 474 g/mol. The average Bonchev–Trinajstić information content (AvgIpc) is 2.87. The zero-order valence-corrected chi connectivity index (χ0v) is 22.7. The second-order valence-corrected chi connectivity index (χ2v) is 10.2. The van der Waals surface area contributed by atoms with Crippen molar-refractivity contribution in [2.45, 2.75) is 65.8 Å². The Bertz CT molecular complexity index is 960. The van der Waals surface area contributed by atoms with E-state index in [9.17, 15) is 19.2 Å². The number of carbonyl (C=O) groups is 4. The topological polar surface area (TPSA) is 120 Å². The highest BCUT2D eigenvalue weighted by molar-refractivity contribution is 5.94. The number of benzene rings is 1. The maximum atomic E-state index is 13.1. The van der Waals surface area contributed by atoms with Gasteiger partial charge < -0.3 is 30.5 Å². The van der Waals surface area contributed by atoms with Gasteiger partial charge in [-0.15, -0.1) is 0 Å². The quantitative estimate of drug-likeness (QED) is 0.387. The predicted molar refractivity (Wildman–Crippen MR) is 141 cm³/mol. The number of hydrogen-bond acceptors (Lipinski definition) is 6. The normalized spacial score (nSPS) is 17.4. The van der Waals surface area contributed by atoms with Gasteiger partial charge in [-0.25, -0.2) is 0 Å². The molecule has 2 rings (SSSR count). The van der Waals surface area contributed by atoms with Crippen molar-refractivity contribution < 1.29 is 23.9 Å². The molecule has 0 fully saturated rings. The number of rotatable bonds is 12. The fourth-order valence-electron chi connectivity index (χ4n) is 3.77. The Hall–Kier alpha value is -3.24. The second kappa shape index (κ2) is 13.9. The molecule has 0 saturated heterocycles. The van der Waals surface area contributed by atoms with Crippen molar-refractivity contribution >= 4 is 23.6 Å². The van der Waals surface area contributed by atoms with Gasteiger partial charge >= 0.3 is 0 Å². The summed E-state index contributed by atoms with van der Waals surface area (Å²) in [5, 5.41) is 8.24. The van der Waals surface area contributed by atoms with Gasteiger partial charge in [-0.1, -0.05) is 58.0 Å². The number of nitrogens with zero attached hydrogens (tertiary/aromatic N) is 2. The predicted octanol–water partition coefficient (Wildman–Crippen LogP) is 1.38. The fraction of sp³-hybridized carbons (Fsp3) is 0.556. The van der Waals surface area contributed by atoms with E-state index in [1.165, 1.54) is 4.90 Å². The van der Waals surface area contributed by atoms with Gasteiger partial charge in [0.25, 0.3) is 5.91 Å². The molecule has 1 aromatic rings. The van der Waals surface area contributed by atoms with Gasteiger partial charge in [-0.2, -0.15) is 0 Å². The molecule has 0 radical (unpaired) electrons. The first-order valence-corrected chi connectivity index (χ1v) is 12.7. The van der Waals surface area contributed by atoms with Crippen LogP contribution in [0.1, 0.15) is 46.6 Å². The van der Waals surface area contributed by atoms with Crippen LogP contribution in [0.3, 0.4) is 0 Å². The molecule has 4 amide bonds. The maximum Gasteiger partial charge on any atom is 0.252 e. The molecule has 3 N–H and O–H groups in total. The van der Waals surface area contributed by atoms with E-state index in [2.05, 4.69) is 16.0 Å². The minimum absolute atomic E-state index is 0.0144. The van der Waals surface area contributed by atoms with Crippen LogP contribution in [0.5, 0.6) is 0 Å². The molecule has 10 nitrogen and oxygen atoms in total. The zero-order valence-electron chi connectivity index (χ0n) is 22.7. The highest BCUT2D eigenvalue weighted by Crippen LogP contribution is 2.20. The summed E-state index contributed by atoms with van der Waals surface area (Å²) < 4.78 is 5.81. The summed E-state index contributed by atoms with van der Waals surface area (Å²) in [6, 6.07) is 7.38. The third-order valence-electron chi connectivity index (χ3n) is 6.11. The fourth-order valence-corrected chi connectivity index (χ4v) is 3.77. The maximum absolute atomic E-state index is 13.1. The lowest BCUT2D eigenvalue weighted by Gasteiger charge is -2.36. The standard InChI is InChI=1S/C27H41N5O5/c1-7-13-31-14-15-32(21(26(31)36)18-37-17-20-11-9-8-10-12-20)22(33)16-29-25(35)23(27(3,4)5)30-24(34)19(2)28-6/h8-12,14-15,19,21,23,28H,7,13,16-18H2,1-6H3,(H,29,35)(H,30,34)/t19-,21-,23+/m0/s1. The Balaban J connectivity index is 2.08. The second-order valence-electron chi connectivity index (χ2n) is 10.2. The van der Waals surface area contributed by atoms with Crippen LogP contribution in [0.2, 0.25) is 0 Å². The summed E-state index contributed by atoms with van der Waals surface area (Å²) in [7, 11) is 1.66. The molecule has 37 heavy (non-hydrogen) atoms. The van der Waals surface area contributed by atoms with Gasteiger partial charge in [-0.3, -0.25) is 19.2 Å². The van der Waals surface area contributed by atoms with E-state index >= 15 is 0 Å². The lowest BCUT2D eigenvalue weighted by Crippen LogP contribution is -2.58. The molecule has 0 unspecified atom stereocenters. The largest absolute Gasteiger partial charge is 0.374 e. The van der Waals surface area contributed by atoms with Gasteiger partial charge in [0.2, 0.25) is 17.7 Å². The summed E-state index contributed by atoms with van der Waals surface area (Å²) in [6.07, 6.45) is 3.90. The summed E-state index contributed by atoms with van der Waals surface area (Å²) in [6.45, 7) is 9.67. The molecule has 0 spiro atoms. The molecule has 3 atom stereocenters. The van der Waals surface area contributed by atoms with Gasteiger partial charge in [0.1, 0.15) is 12.1 Å². The Labute approximate surface area is 219 Å². The smallest absolute Gasteiger partial charge is 0.252 e. The monoisotopic (exact) mass is 515 g/mol. The molecule has 0 aliphatic carbocycles. The highest BCUT2D eigenvalue weighted by Gasteiger charge is 2.37. The average molecular weight is 516 g/mol. The summed E-state index contributed by atoms with van der Waals surface area (Å²) >= 11 is 0. The minimum Gasteiger partial charge on any atom is -0.374 e. The van der Waals surface area contributed by atoms with E-state index < -0.39 is 35.4 Å². The van der Waals surface area contributed by atoms with Crippen molar-refractivity contribution in [2.75, 3.05) is 26.7 Å². The van der Waals surface area contributed by atoms with Crippen LogP contribution in [0.4, 0.5) is 0 Å².